The van der Waals surface area contributed by atoms with Crippen LogP contribution in [0.3, 0.4) is 0 Å². The van der Waals surface area contributed by atoms with Crippen molar-refractivity contribution >= 4 is 17.9 Å². The molecule has 0 saturated heterocycles. The number of hydrogen-bond donors (Lipinski definition) is 0. The van der Waals surface area contributed by atoms with E-state index in [1.807, 2.05) is 0 Å². The van der Waals surface area contributed by atoms with E-state index in [0.29, 0.717) is 19.3 Å². The van der Waals surface area contributed by atoms with Crippen LogP contribution in [-0.2, 0) is 28.6 Å². The predicted octanol–water partition coefficient (Wildman–Crippen LogP) is 22.3. The van der Waals surface area contributed by atoms with E-state index >= 15 is 0 Å². The maximum Gasteiger partial charge on any atom is 0.306 e. The fraction of sp³-hybridized carbons (Fsp3) is 0.630. The van der Waals surface area contributed by atoms with Crippen molar-refractivity contribution in [3.8, 4) is 0 Å². The van der Waals surface area contributed by atoms with Gasteiger partial charge in [-0.15, -0.1) is 0 Å². The Labute approximate surface area is 487 Å². The van der Waals surface area contributed by atoms with Crippen LogP contribution in [0.5, 0.6) is 0 Å². The molecule has 0 fully saturated rings. The molecule has 0 aromatic heterocycles. The second-order valence-electron chi connectivity index (χ2n) is 20.9. The predicted molar refractivity (Wildman–Crippen MR) is 343 cm³/mol. The zero-order valence-electron chi connectivity index (χ0n) is 51.1. The molecular weight excluding hydrogens is 973 g/mol. The lowest BCUT2D eigenvalue weighted by Crippen LogP contribution is -2.30. The van der Waals surface area contributed by atoms with Crippen molar-refractivity contribution in [1.29, 1.82) is 0 Å². The lowest BCUT2D eigenvalue weighted by molar-refractivity contribution is -0.167. The Balaban J connectivity index is 4.43. The first-order chi connectivity index (χ1) is 39.0. The summed E-state index contributed by atoms with van der Waals surface area (Å²) in [5.41, 5.74) is 0. The monoisotopic (exact) mass is 1090 g/mol. The number of allylic oxidation sites excluding steroid dienone is 24. The van der Waals surface area contributed by atoms with Gasteiger partial charge in [-0.1, -0.05) is 256 Å². The van der Waals surface area contributed by atoms with Crippen LogP contribution < -0.4 is 0 Å². The van der Waals surface area contributed by atoms with E-state index in [2.05, 4.69) is 167 Å². The van der Waals surface area contributed by atoms with E-state index in [1.165, 1.54) is 77.0 Å². The van der Waals surface area contributed by atoms with Crippen LogP contribution in [0, 0.1) is 0 Å². The second kappa shape index (κ2) is 65.8. The van der Waals surface area contributed by atoms with E-state index in [4.69, 9.17) is 14.2 Å². The van der Waals surface area contributed by atoms with Gasteiger partial charge in [-0.3, -0.25) is 14.4 Å². The first-order valence-corrected chi connectivity index (χ1v) is 32.3. The van der Waals surface area contributed by atoms with Crippen molar-refractivity contribution in [2.24, 2.45) is 0 Å². The van der Waals surface area contributed by atoms with Crippen LogP contribution in [0.4, 0.5) is 0 Å². The van der Waals surface area contributed by atoms with Gasteiger partial charge >= 0.3 is 17.9 Å². The molecule has 0 aliphatic heterocycles. The molecule has 0 aliphatic rings. The average Bonchev–Trinajstić information content (AvgIpc) is 3.45. The maximum atomic E-state index is 12.9. The SMILES string of the molecule is CC/C=C\C/C=C\C/C=C\C/C=C\C/C=C\C/C=C\C/C=C\C/C=C\CCCCCCC(=O)OCC(COC(=O)CCCCCCC/C=C\CCCCCC)OC(=O)CCCCCCCC/C=C\C/C=C\C/C=C\CCCCC. The highest BCUT2D eigenvalue weighted by atomic mass is 16.6. The Morgan fingerprint density at radius 2 is 0.494 bits per heavy atom. The Bertz CT molecular complexity index is 1730. The molecule has 0 saturated carbocycles. The first kappa shape index (κ1) is 74.3. The molecule has 0 N–H and O–H groups in total. The topological polar surface area (TPSA) is 78.9 Å². The van der Waals surface area contributed by atoms with Gasteiger partial charge in [-0.05, 0) is 148 Å². The molecule has 446 valence electrons. The zero-order valence-corrected chi connectivity index (χ0v) is 51.1. The summed E-state index contributed by atoms with van der Waals surface area (Å²) in [7, 11) is 0. The highest BCUT2D eigenvalue weighted by Gasteiger charge is 2.19. The minimum Gasteiger partial charge on any atom is -0.462 e. The number of carbonyl (C=O) groups is 3. The standard InChI is InChI=1S/C73H118O6/c1-4-7-10-13-16-19-22-25-27-29-31-32-33-34-35-36-37-38-39-40-42-43-45-48-51-54-57-60-63-66-72(75)78-69-70(68-77-71(74)65-62-59-56-53-50-47-24-21-18-15-12-9-6-3)79-73(76)67-64-61-58-55-52-49-46-44-41-30-28-26-23-20-17-14-11-8-5-2/h7,10,16-17,19-21,24-28,31-32,34-35,37-38,40-42,44-45,48,70H,4-6,8-9,11-15,18,22-23,29-30,33,36,39,43,46-47,49-69H2,1-3H3/b10-7-,19-16-,20-17-,24-21-,27-25-,28-26-,32-31-,35-34-,38-37-,42-40-,44-41-,48-45-. The number of ether oxygens (including phenoxy) is 3. The quantitative estimate of drug-likeness (QED) is 0.0261. The average molecular weight is 1090 g/mol. The molecule has 6 heteroatoms. The molecule has 1 atom stereocenters. The third kappa shape index (κ3) is 64.0. The third-order valence-electron chi connectivity index (χ3n) is 13.3. The van der Waals surface area contributed by atoms with Gasteiger partial charge in [0.2, 0.25) is 0 Å². The van der Waals surface area contributed by atoms with E-state index in [1.54, 1.807) is 0 Å². The number of carbonyl (C=O) groups excluding carboxylic acids is 3. The van der Waals surface area contributed by atoms with E-state index in [0.717, 1.165) is 161 Å². The van der Waals surface area contributed by atoms with Crippen LogP contribution in [0.25, 0.3) is 0 Å². The molecular formula is C73H118O6. The molecule has 0 bridgehead atoms. The molecule has 0 amide bonds. The van der Waals surface area contributed by atoms with Gasteiger partial charge in [0, 0.05) is 19.3 Å². The van der Waals surface area contributed by atoms with Crippen molar-refractivity contribution in [2.75, 3.05) is 13.2 Å². The summed E-state index contributed by atoms with van der Waals surface area (Å²) in [5.74, 6) is -0.948. The fourth-order valence-electron chi connectivity index (χ4n) is 8.46. The van der Waals surface area contributed by atoms with Crippen LogP contribution >= 0.6 is 0 Å². The van der Waals surface area contributed by atoms with Gasteiger partial charge in [-0.2, -0.15) is 0 Å². The number of rotatable bonds is 57. The van der Waals surface area contributed by atoms with E-state index < -0.39 is 6.10 Å². The Kier molecular flexibility index (Phi) is 61.9. The Morgan fingerprint density at radius 1 is 0.266 bits per heavy atom. The molecule has 0 rings (SSSR count). The molecule has 0 spiro atoms. The summed E-state index contributed by atoms with van der Waals surface area (Å²) in [5, 5.41) is 0. The molecule has 0 aromatic carbocycles. The van der Waals surface area contributed by atoms with Gasteiger partial charge in [0.05, 0.1) is 0 Å². The minimum atomic E-state index is -0.806. The molecule has 0 aliphatic carbocycles. The summed E-state index contributed by atoms with van der Waals surface area (Å²) in [6.07, 6.45) is 94.2. The first-order valence-electron chi connectivity index (χ1n) is 32.3. The number of unbranched alkanes of at least 4 members (excludes halogenated alkanes) is 22. The second-order valence-corrected chi connectivity index (χ2v) is 20.9. The van der Waals surface area contributed by atoms with Gasteiger partial charge in [0.1, 0.15) is 13.2 Å². The summed E-state index contributed by atoms with van der Waals surface area (Å²) < 4.78 is 16.9. The normalized spacial score (nSPS) is 13.1. The van der Waals surface area contributed by atoms with Gasteiger partial charge < -0.3 is 14.2 Å². The largest absolute Gasteiger partial charge is 0.462 e. The summed E-state index contributed by atoms with van der Waals surface area (Å²) in [4.78, 5) is 38.3. The van der Waals surface area contributed by atoms with Crippen molar-refractivity contribution in [1.82, 2.24) is 0 Å². The Hall–Kier alpha value is -4.71. The summed E-state index contributed by atoms with van der Waals surface area (Å²) in [6, 6.07) is 0. The highest BCUT2D eigenvalue weighted by molar-refractivity contribution is 5.71. The Morgan fingerprint density at radius 3 is 0.810 bits per heavy atom. The molecule has 0 heterocycles. The lowest BCUT2D eigenvalue weighted by Gasteiger charge is -2.18. The van der Waals surface area contributed by atoms with Crippen molar-refractivity contribution in [2.45, 2.75) is 284 Å². The van der Waals surface area contributed by atoms with Crippen LogP contribution in [-0.4, -0.2) is 37.2 Å². The van der Waals surface area contributed by atoms with Crippen LogP contribution in [0.2, 0.25) is 0 Å². The fourth-order valence-corrected chi connectivity index (χ4v) is 8.46. The molecule has 79 heavy (non-hydrogen) atoms. The van der Waals surface area contributed by atoms with Crippen LogP contribution in [0.1, 0.15) is 278 Å². The van der Waals surface area contributed by atoms with E-state index in [9.17, 15) is 14.4 Å². The molecule has 6 nitrogen and oxygen atoms in total. The van der Waals surface area contributed by atoms with Crippen LogP contribution in [0.15, 0.2) is 146 Å². The minimum absolute atomic E-state index is 0.101. The summed E-state index contributed by atoms with van der Waals surface area (Å²) in [6.45, 7) is 6.44. The smallest absolute Gasteiger partial charge is 0.306 e. The van der Waals surface area contributed by atoms with E-state index in [-0.39, 0.29) is 31.1 Å². The number of hydrogen-bond acceptors (Lipinski definition) is 6. The van der Waals surface area contributed by atoms with Gasteiger partial charge in [0.15, 0.2) is 6.10 Å². The maximum absolute atomic E-state index is 12.9. The van der Waals surface area contributed by atoms with Crippen molar-refractivity contribution in [3.63, 3.8) is 0 Å². The number of esters is 3. The highest BCUT2D eigenvalue weighted by Crippen LogP contribution is 2.14. The third-order valence-corrected chi connectivity index (χ3v) is 13.3. The zero-order chi connectivity index (χ0) is 57.1. The molecule has 0 radical (unpaired) electrons. The lowest BCUT2D eigenvalue weighted by atomic mass is 10.1. The molecule has 1 unspecified atom stereocenters. The van der Waals surface area contributed by atoms with Crippen molar-refractivity contribution < 1.29 is 28.6 Å². The molecule has 0 aromatic rings. The van der Waals surface area contributed by atoms with Crippen molar-refractivity contribution in [3.05, 3.63) is 146 Å². The van der Waals surface area contributed by atoms with Gasteiger partial charge in [0.25, 0.3) is 0 Å². The summed E-state index contributed by atoms with van der Waals surface area (Å²) >= 11 is 0. The van der Waals surface area contributed by atoms with Gasteiger partial charge in [-0.25, -0.2) is 0 Å².